The second kappa shape index (κ2) is 8.09. The van der Waals surface area contributed by atoms with E-state index in [2.05, 4.69) is 0 Å². The average molecular weight is 449 g/mol. The topological polar surface area (TPSA) is 114 Å². The van der Waals surface area contributed by atoms with E-state index in [0.29, 0.717) is 11.3 Å². The van der Waals surface area contributed by atoms with E-state index < -0.39 is 19.7 Å². The van der Waals surface area contributed by atoms with Gasteiger partial charge in [-0.2, -0.15) is 5.26 Å². The number of hydrogen-bond acceptors (Lipinski definition) is 6. The number of nitro benzene ring substituents is 1. The standard InChI is InChI=1S/C19H10Cl2N2O5S/c20-13-3-7-17(21)19(9-13)29(26,27)16(11-22)10-15-6-8-18(28-15)12-1-4-14(5-2-12)23(24)25/h1-10H/b16-10+. The van der Waals surface area contributed by atoms with Crippen LogP contribution < -0.4 is 0 Å². The van der Waals surface area contributed by atoms with E-state index in [1.165, 1.54) is 42.5 Å². The highest BCUT2D eigenvalue weighted by atomic mass is 35.5. The Kier molecular flexibility index (Phi) is 5.75. The maximum atomic E-state index is 12.8. The number of nitrogens with zero attached hydrogens (tertiary/aromatic N) is 2. The van der Waals surface area contributed by atoms with Crippen molar-refractivity contribution in [2.45, 2.75) is 4.90 Å². The summed E-state index contributed by atoms with van der Waals surface area (Å²) >= 11 is 11.8. The normalized spacial score (nSPS) is 11.8. The average Bonchev–Trinajstić information content (AvgIpc) is 3.16. The molecule has 0 spiro atoms. The van der Waals surface area contributed by atoms with E-state index in [1.807, 2.05) is 0 Å². The number of rotatable bonds is 5. The van der Waals surface area contributed by atoms with Crippen molar-refractivity contribution in [1.29, 1.82) is 5.26 Å². The van der Waals surface area contributed by atoms with Crippen molar-refractivity contribution in [3.63, 3.8) is 0 Å². The van der Waals surface area contributed by atoms with Gasteiger partial charge in [0.2, 0.25) is 9.84 Å². The molecule has 0 radical (unpaired) electrons. The molecular weight excluding hydrogens is 439 g/mol. The van der Waals surface area contributed by atoms with Crippen molar-refractivity contribution >= 4 is 44.8 Å². The Morgan fingerprint density at radius 1 is 1.10 bits per heavy atom. The van der Waals surface area contributed by atoms with Gasteiger partial charge >= 0.3 is 0 Å². The van der Waals surface area contributed by atoms with Crippen LogP contribution in [-0.2, 0) is 9.84 Å². The number of non-ortho nitro benzene ring substituents is 1. The van der Waals surface area contributed by atoms with E-state index in [1.54, 1.807) is 12.1 Å². The number of halogens is 2. The summed E-state index contributed by atoms with van der Waals surface area (Å²) in [5.41, 5.74) is 0.478. The molecule has 0 aliphatic heterocycles. The van der Waals surface area contributed by atoms with Crippen LogP contribution in [0.5, 0.6) is 0 Å². The van der Waals surface area contributed by atoms with Gasteiger partial charge in [0.15, 0.2) is 4.91 Å². The van der Waals surface area contributed by atoms with Crippen LogP contribution in [0, 0.1) is 21.4 Å². The summed E-state index contributed by atoms with van der Waals surface area (Å²) in [6, 6.07) is 14.2. The number of hydrogen-bond donors (Lipinski definition) is 0. The summed E-state index contributed by atoms with van der Waals surface area (Å²) in [5, 5.41) is 20.2. The van der Waals surface area contributed by atoms with Gasteiger partial charge in [0.25, 0.3) is 5.69 Å². The van der Waals surface area contributed by atoms with Gasteiger partial charge in [0.1, 0.15) is 17.6 Å². The monoisotopic (exact) mass is 448 g/mol. The summed E-state index contributed by atoms with van der Waals surface area (Å²) in [5.74, 6) is 0.457. The molecule has 0 fully saturated rings. The lowest BCUT2D eigenvalue weighted by Gasteiger charge is -2.05. The van der Waals surface area contributed by atoms with E-state index in [0.717, 1.165) is 12.1 Å². The molecule has 2 aromatic carbocycles. The lowest BCUT2D eigenvalue weighted by atomic mass is 10.1. The van der Waals surface area contributed by atoms with Crippen molar-refractivity contribution in [1.82, 2.24) is 0 Å². The van der Waals surface area contributed by atoms with Gasteiger partial charge in [0, 0.05) is 28.8 Å². The molecule has 3 rings (SSSR count). The van der Waals surface area contributed by atoms with Crippen LogP contribution in [-0.4, -0.2) is 13.3 Å². The van der Waals surface area contributed by atoms with Crippen LogP contribution >= 0.6 is 23.2 Å². The van der Waals surface area contributed by atoms with Gasteiger partial charge in [-0.1, -0.05) is 23.2 Å². The minimum atomic E-state index is -4.22. The van der Waals surface area contributed by atoms with Crippen LogP contribution in [0.3, 0.4) is 0 Å². The molecule has 0 aliphatic carbocycles. The predicted octanol–water partition coefficient (Wildman–Crippen LogP) is 5.50. The third-order valence-corrected chi connectivity index (χ3v) is 6.23. The second-order valence-electron chi connectivity index (χ2n) is 5.70. The highest BCUT2D eigenvalue weighted by Gasteiger charge is 2.24. The fraction of sp³-hybridized carbons (Fsp3) is 0. The molecule has 10 heteroatoms. The molecule has 0 N–H and O–H groups in total. The lowest BCUT2D eigenvalue weighted by Crippen LogP contribution is -2.04. The first kappa shape index (κ1) is 20.6. The fourth-order valence-corrected chi connectivity index (χ4v) is 4.33. The molecule has 1 heterocycles. The van der Waals surface area contributed by atoms with Crippen molar-refractivity contribution < 1.29 is 17.8 Å². The van der Waals surface area contributed by atoms with Gasteiger partial charge in [-0.3, -0.25) is 10.1 Å². The molecule has 0 amide bonds. The van der Waals surface area contributed by atoms with Gasteiger partial charge < -0.3 is 4.42 Å². The molecule has 7 nitrogen and oxygen atoms in total. The Morgan fingerprint density at radius 3 is 2.41 bits per heavy atom. The zero-order valence-electron chi connectivity index (χ0n) is 14.4. The number of furan rings is 1. The largest absolute Gasteiger partial charge is 0.457 e. The highest BCUT2D eigenvalue weighted by molar-refractivity contribution is 7.95. The molecular formula is C19H10Cl2N2O5S. The van der Waals surface area contributed by atoms with Crippen LogP contribution in [0.2, 0.25) is 10.0 Å². The Morgan fingerprint density at radius 2 is 1.79 bits per heavy atom. The number of allylic oxidation sites excluding steroid dienone is 1. The van der Waals surface area contributed by atoms with E-state index in [-0.39, 0.29) is 26.4 Å². The van der Waals surface area contributed by atoms with Crippen LogP contribution in [0.25, 0.3) is 17.4 Å². The van der Waals surface area contributed by atoms with E-state index >= 15 is 0 Å². The maximum absolute atomic E-state index is 12.8. The third kappa shape index (κ3) is 4.32. The molecule has 0 saturated heterocycles. The van der Waals surface area contributed by atoms with Gasteiger partial charge in [-0.15, -0.1) is 0 Å². The summed E-state index contributed by atoms with van der Waals surface area (Å²) < 4.78 is 31.1. The number of nitriles is 1. The molecule has 1 aromatic heterocycles. The summed E-state index contributed by atoms with van der Waals surface area (Å²) in [4.78, 5) is 9.34. The van der Waals surface area contributed by atoms with Gasteiger partial charge in [-0.25, -0.2) is 8.42 Å². The maximum Gasteiger partial charge on any atom is 0.269 e. The molecule has 0 atom stereocenters. The van der Waals surface area contributed by atoms with Crippen LogP contribution in [0.1, 0.15) is 5.76 Å². The Labute approximate surface area is 175 Å². The number of nitro groups is 1. The Bertz CT molecular complexity index is 1270. The quantitative estimate of drug-likeness (QED) is 0.289. The van der Waals surface area contributed by atoms with Crippen molar-refractivity contribution in [3.05, 3.63) is 85.4 Å². The molecule has 29 heavy (non-hydrogen) atoms. The molecule has 0 saturated carbocycles. The minimum Gasteiger partial charge on any atom is -0.457 e. The molecule has 3 aromatic rings. The minimum absolute atomic E-state index is 0.0680. The molecule has 0 aliphatic rings. The number of benzene rings is 2. The zero-order chi connectivity index (χ0) is 21.2. The molecule has 0 unspecified atom stereocenters. The predicted molar refractivity (Wildman–Crippen MR) is 108 cm³/mol. The first-order valence-electron chi connectivity index (χ1n) is 7.89. The Balaban J connectivity index is 1.97. The second-order valence-corrected chi connectivity index (χ2v) is 8.43. The molecule has 0 bridgehead atoms. The van der Waals surface area contributed by atoms with Crippen molar-refractivity contribution in [2.75, 3.05) is 0 Å². The Hall–Kier alpha value is -3.12. The first-order valence-corrected chi connectivity index (χ1v) is 10.1. The van der Waals surface area contributed by atoms with Gasteiger partial charge in [0.05, 0.1) is 14.8 Å². The third-order valence-electron chi connectivity index (χ3n) is 3.85. The lowest BCUT2D eigenvalue weighted by molar-refractivity contribution is -0.384. The fourth-order valence-electron chi connectivity index (χ4n) is 2.43. The van der Waals surface area contributed by atoms with Crippen molar-refractivity contribution in [2.24, 2.45) is 0 Å². The summed E-state index contributed by atoms with van der Waals surface area (Å²) in [7, 11) is -4.22. The molecule has 146 valence electrons. The zero-order valence-corrected chi connectivity index (χ0v) is 16.7. The highest BCUT2D eigenvalue weighted by Crippen LogP contribution is 2.31. The smallest absolute Gasteiger partial charge is 0.269 e. The summed E-state index contributed by atoms with van der Waals surface area (Å²) in [6.07, 6.45) is 1.07. The number of sulfone groups is 1. The van der Waals surface area contributed by atoms with E-state index in [9.17, 15) is 23.8 Å². The SMILES string of the molecule is N#C/C(=C\c1ccc(-c2ccc([N+](=O)[O-])cc2)o1)S(=O)(=O)c1cc(Cl)ccc1Cl. The van der Waals surface area contributed by atoms with E-state index in [4.69, 9.17) is 27.6 Å². The first-order chi connectivity index (χ1) is 13.7. The van der Waals surface area contributed by atoms with Gasteiger partial charge in [-0.05, 0) is 42.5 Å². The van der Waals surface area contributed by atoms with Crippen molar-refractivity contribution in [3.8, 4) is 17.4 Å². The summed E-state index contributed by atoms with van der Waals surface area (Å²) in [6.45, 7) is 0. The van der Waals surface area contributed by atoms with Crippen LogP contribution in [0.4, 0.5) is 5.69 Å². The van der Waals surface area contributed by atoms with Crippen LogP contribution in [0.15, 0.2) is 68.8 Å².